The molecule has 0 aliphatic heterocycles. The Morgan fingerprint density at radius 3 is 2.24 bits per heavy atom. The van der Waals surface area contributed by atoms with Crippen molar-refractivity contribution in [2.24, 2.45) is 5.73 Å². The Balaban J connectivity index is 3.56. The number of carbonyl (C=O) groups is 1. The van der Waals surface area contributed by atoms with E-state index in [-0.39, 0.29) is 6.07 Å². The van der Waals surface area contributed by atoms with Gasteiger partial charge in [-0.25, -0.2) is 9.78 Å². The summed E-state index contributed by atoms with van der Waals surface area (Å²) < 4.78 is 82.6. The highest BCUT2D eigenvalue weighted by atomic mass is 19.4. The monoisotopic (exact) mass is 318 g/mol. The van der Waals surface area contributed by atoms with Crippen LogP contribution in [0.3, 0.4) is 0 Å². The topological polar surface area (TPSA) is 74.4 Å². The minimum atomic E-state index is -5.38. The smallest absolute Gasteiger partial charge is 0.464 e. The molecule has 0 aliphatic carbocycles. The molecule has 0 saturated carbocycles. The fourth-order valence-electron chi connectivity index (χ4n) is 1.37. The Kier molecular flexibility index (Phi) is 4.66. The van der Waals surface area contributed by atoms with E-state index in [2.05, 4.69) is 14.5 Å². The summed E-state index contributed by atoms with van der Waals surface area (Å²) in [5.41, 5.74) is 1.53. The largest absolute Gasteiger partial charge is 0.573 e. The quantitative estimate of drug-likeness (QED) is 0.683. The Bertz CT molecular complexity index is 541. The van der Waals surface area contributed by atoms with E-state index < -0.39 is 47.8 Å². The lowest BCUT2D eigenvalue weighted by molar-refractivity contribution is -0.276. The highest BCUT2D eigenvalue weighted by Crippen LogP contribution is 2.40. The van der Waals surface area contributed by atoms with Crippen molar-refractivity contribution in [3.8, 4) is 5.75 Å². The predicted octanol–water partition coefficient (Wildman–Crippen LogP) is 2.24. The van der Waals surface area contributed by atoms with Gasteiger partial charge < -0.3 is 15.2 Å². The van der Waals surface area contributed by atoms with E-state index >= 15 is 0 Å². The maximum atomic E-state index is 12.8. The summed E-state index contributed by atoms with van der Waals surface area (Å²) in [5, 5.41) is 0. The number of esters is 1. The lowest BCUT2D eigenvalue weighted by Gasteiger charge is -2.18. The SMILES string of the molecule is COC(=O)c1cc(C(F)(F)F)c(OC(F)(F)F)c(CN)n1. The molecule has 0 bridgehead atoms. The summed E-state index contributed by atoms with van der Waals surface area (Å²) in [6.07, 6.45) is -10.6. The van der Waals surface area contributed by atoms with E-state index in [9.17, 15) is 31.1 Å². The third-order valence-corrected chi connectivity index (χ3v) is 2.15. The standard InChI is InChI=1S/C10H8F6N2O3/c1-20-8(19)5-2-4(9(11,12)13)7(6(3-17)18-5)21-10(14,15)16/h2H,3,17H2,1H3. The first-order chi connectivity index (χ1) is 9.49. The molecule has 2 N–H and O–H groups in total. The van der Waals surface area contributed by atoms with Crippen LogP contribution in [-0.4, -0.2) is 24.4 Å². The van der Waals surface area contributed by atoms with Gasteiger partial charge in [0.25, 0.3) is 0 Å². The van der Waals surface area contributed by atoms with Gasteiger partial charge in [0.05, 0.1) is 12.8 Å². The number of rotatable bonds is 3. The van der Waals surface area contributed by atoms with E-state index in [4.69, 9.17) is 5.73 Å². The molecule has 21 heavy (non-hydrogen) atoms. The van der Waals surface area contributed by atoms with Crippen molar-refractivity contribution in [2.45, 2.75) is 19.1 Å². The highest BCUT2D eigenvalue weighted by Gasteiger charge is 2.42. The Morgan fingerprint density at radius 1 is 1.29 bits per heavy atom. The Labute approximate surface area is 113 Å². The summed E-state index contributed by atoms with van der Waals surface area (Å²) in [6, 6.07) is 0.103. The van der Waals surface area contributed by atoms with E-state index in [1.165, 1.54) is 0 Å². The van der Waals surface area contributed by atoms with Gasteiger partial charge in [-0.15, -0.1) is 13.2 Å². The van der Waals surface area contributed by atoms with Crippen molar-refractivity contribution < 1.29 is 40.6 Å². The summed E-state index contributed by atoms with van der Waals surface area (Å²) in [4.78, 5) is 14.5. The van der Waals surface area contributed by atoms with E-state index in [1.807, 2.05) is 0 Å². The van der Waals surface area contributed by atoms with E-state index in [0.29, 0.717) is 0 Å². The zero-order chi connectivity index (χ0) is 16.4. The van der Waals surface area contributed by atoms with Crippen LogP contribution in [0.25, 0.3) is 0 Å². The molecule has 1 aromatic rings. The molecule has 0 radical (unpaired) electrons. The molecule has 11 heteroatoms. The number of nitrogens with zero attached hydrogens (tertiary/aromatic N) is 1. The normalized spacial score (nSPS) is 12.2. The first-order valence-corrected chi connectivity index (χ1v) is 5.15. The molecule has 1 aromatic heterocycles. The minimum Gasteiger partial charge on any atom is -0.464 e. The number of aromatic nitrogens is 1. The zero-order valence-corrected chi connectivity index (χ0v) is 10.3. The highest BCUT2D eigenvalue weighted by molar-refractivity contribution is 5.87. The van der Waals surface area contributed by atoms with Crippen LogP contribution in [0, 0.1) is 0 Å². The predicted molar refractivity (Wildman–Crippen MR) is 55.2 cm³/mol. The van der Waals surface area contributed by atoms with Crippen molar-refractivity contribution in [3.63, 3.8) is 0 Å². The fourth-order valence-corrected chi connectivity index (χ4v) is 1.37. The van der Waals surface area contributed by atoms with E-state index in [1.54, 1.807) is 0 Å². The lowest BCUT2D eigenvalue weighted by Crippen LogP contribution is -2.24. The molecule has 1 rings (SSSR count). The molecule has 0 atom stereocenters. The van der Waals surface area contributed by atoms with Gasteiger partial charge >= 0.3 is 18.5 Å². The molecular weight excluding hydrogens is 310 g/mol. The molecule has 0 aromatic carbocycles. The molecule has 0 spiro atoms. The second-order valence-corrected chi connectivity index (χ2v) is 3.57. The number of halogens is 6. The third kappa shape index (κ3) is 4.21. The number of hydrogen-bond donors (Lipinski definition) is 1. The number of ether oxygens (including phenoxy) is 2. The van der Waals surface area contributed by atoms with Crippen LogP contribution >= 0.6 is 0 Å². The molecule has 118 valence electrons. The maximum Gasteiger partial charge on any atom is 0.573 e. The van der Waals surface area contributed by atoms with Crippen LogP contribution in [0.15, 0.2) is 6.07 Å². The van der Waals surface area contributed by atoms with Gasteiger partial charge in [-0.05, 0) is 6.07 Å². The van der Waals surface area contributed by atoms with Gasteiger partial charge in [0.1, 0.15) is 11.3 Å². The second-order valence-electron chi connectivity index (χ2n) is 3.57. The number of methoxy groups -OCH3 is 1. The summed E-state index contributed by atoms with van der Waals surface area (Å²) in [6.45, 7) is -0.806. The Hall–Kier alpha value is -2.04. The maximum absolute atomic E-state index is 12.8. The van der Waals surface area contributed by atoms with Gasteiger partial charge in [0, 0.05) is 6.54 Å². The van der Waals surface area contributed by atoms with Crippen molar-refractivity contribution in [1.82, 2.24) is 4.98 Å². The van der Waals surface area contributed by atoms with Crippen molar-refractivity contribution in [2.75, 3.05) is 7.11 Å². The van der Waals surface area contributed by atoms with Crippen LogP contribution in [0.1, 0.15) is 21.7 Å². The van der Waals surface area contributed by atoms with Gasteiger partial charge in [0.15, 0.2) is 5.75 Å². The molecule has 5 nitrogen and oxygen atoms in total. The van der Waals surface area contributed by atoms with Crippen molar-refractivity contribution in [3.05, 3.63) is 23.0 Å². The first-order valence-electron chi connectivity index (χ1n) is 5.15. The van der Waals surface area contributed by atoms with Crippen LogP contribution in [0.2, 0.25) is 0 Å². The summed E-state index contributed by atoms with van der Waals surface area (Å²) in [7, 11) is 0.875. The molecule has 1 heterocycles. The first kappa shape index (κ1) is 17.0. The minimum absolute atomic E-state index is 0.103. The number of nitrogens with two attached hydrogens (primary N) is 1. The third-order valence-electron chi connectivity index (χ3n) is 2.15. The van der Waals surface area contributed by atoms with Gasteiger partial charge in [-0.2, -0.15) is 13.2 Å². The average molecular weight is 318 g/mol. The van der Waals surface area contributed by atoms with Crippen molar-refractivity contribution in [1.29, 1.82) is 0 Å². The number of hydrogen-bond acceptors (Lipinski definition) is 5. The molecular formula is C10H8F6N2O3. The van der Waals surface area contributed by atoms with Crippen LogP contribution < -0.4 is 10.5 Å². The van der Waals surface area contributed by atoms with Gasteiger partial charge in [0.2, 0.25) is 0 Å². The number of pyridine rings is 1. The molecule has 0 unspecified atom stereocenters. The lowest BCUT2D eigenvalue weighted by atomic mass is 10.1. The number of alkyl halides is 6. The van der Waals surface area contributed by atoms with Gasteiger partial charge in [-0.1, -0.05) is 0 Å². The molecule has 0 amide bonds. The average Bonchev–Trinajstić information content (AvgIpc) is 2.34. The van der Waals surface area contributed by atoms with Crippen LogP contribution in [0.5, 0.6) is 5.75 Å². The fraction of sp³-hybridized carbons (Fsp3) is 0.400. The van der Waals surface area contributed by atoms with Crippen molar-refractivity contribution >= 4 is 5.97 Å². The zero-order valence-electron chi connectivity index (χ0n) is 10.3. The molecule has 0 fully saturated rings. The summed E-state index contributed by atoms with van der Waals surface area (Å²) >= 11 is 0. The van der Waals surface area contributed by atoms with Gasteiger partial charge in [-0.3, -0.25) is 0 Å². The van der Waals surface area contributed by atoms with Crippen LogP contribution in [-0.2, 0) is 17.5 Å². The second kappa shape index (κ2) is 5.76. The Morgan fingerprint density at radius 2 is 1.86 bits per heavy atom. The number of carbonyl (C=O) groups excluding carboxylic acids is 1. The summed E-state index contributed by atoms with van der Waals surface area (Å²) in [5.74, 6) is -2.85. The molecule has 0 aliphatic rings. The van der Waals surface area contributed by atoms with Crippen LogP contribution in [0.4, 0.5) is 26.3 Å². The molecule has 0 saturated heterocycles. The van der Waals surface area contributed by atoms with E-state index in [0.717, 1.165) is 7.11 Å².